The van der Waals surface area contributed by atoms with Gasteiger partial charge in [0, 0.05) is 32.2 Å². The number of nitrogens with zero attached hydrogens (tertiary/aromatic N) is 2. The van der Waals surface area contributed by atoms with Crippen molar-refractivity contribution in [1.29, 1.82) is 0 Å². The van der Waals surface area contributed by atoms with Gasteiger partial charge in [0.2, 0.25) is 0 Å². The Hall–Kier alpha value is -0.160. The van der Waals surface area contributed by atoms with Crippen LogP contribution in [-0.4, -0.2) is 74.9 Å². The molecule has 2 aliphatic heterocycles. The SMILES string of the molecule is CCN(CCN1CCOCC1)C1CCNCC1. The van der Waals surface area contributed by atoms with E-state index in [0.717, 1.165) is 32.3 Å². The van der Waals surface area contributed by atoms with E-state index in [1.54, 1.807) is 0 Å². The third-order valence-electron chi connectivity index (χ3n) is 4.04. The fourth-order valence-corrected chi connectivity index (χ4v) is 2.87. The predicted molar refractivity (Wildman–Crippen MR) is 70.4 cm³/mol. The fourth-order valence-electron chi connectivity index (χ4n) is 2.87. The zero-order valence-electron chi connectivity index (χ0n) is 11.2. The Bertz CT molecular complexity index is 201. The largest absolute Gasteiger partial charge is 0.379 e. The van der Waals surface area contributed by atoms with Gasteiger partial charge >= 0.3 is 0 Å². The van der Waals surface area contributed by atoms with Crippen LogP contribution in [0.25, 0.3) is 0 Å². The molecule has 0 saturated carbocycles. The highest BCUT2D eigenvalue weighted by Crippen LogP contribution is 2.11. The minimum Gasteiger partial charge on any atom is -0.379 e. The van der Waals surface area contributed by atoms with E-state index in [4.69, 9.17) is 4.74 Å². The summed E-state index contributed by atoms with van der Waals surface area (Å²) < 4.78 is 5.39. The van der Waals surface area contributed by atoms with Crippen molar-refractivity contribution in [2.24, 2.45) is 0 Å². The van der Waals surface area contributed by atoms with Crippen LogP contribution < -0.4 is 5.32 Å². The van der Waals surface area contributed by atoms with Crippen molar-refractivity contribution in [3.8, 4) is 0 Å². The summed E-state index contributed by atoms with van der Waals surface area (Å²) in [5, 5.41) is 3.45. The number of likely N-dealkylation sites (N-methyl/N-ethyl adjacent to an activating group) is 1. The summed E-state index contributed by atoms with van der Waals surface area (Å²) >= 11 is 0. The molecule has 2 heterocycles. The van der Waals surface area contributed by atoms with Gasteiger partial charge in [0.05, 0.1) is 13.2 Å². The first-order valence-corrected chi connectivity index (χ1v) is 7.15. The number of ether oxygens (including phenoxy) is 1. The number of piperidine rings is 1. The van der Waals surface area contributed by atoms with E-state index in [2.05, 4.69) is 22.0 Å². The van der Waals surface area contributed by atoms with Crippen LogP contribution in [0.5, 0.6) is 0 Å². The van der Waals surface area contributed by atoms with Crippen LogP contribution in [0.3, 0.4) is 0 Å². The molecule has 0 bridgehead atoms. The van der Waals surface area contributed by atoms with E-state index in [1.165, 1.54) is 45.6 Å². The van der Waals surface area contributed by atoms with Crippen LogP contribution in [0.15, 0.2) is 0 Å². The van der Waals surface area contributed by atoms with Gasteiger partial charge in [-0.25, -0.2) is 0 Å². The van der Waals surface area contributed by atoms with Crippen molar-refractivity contribution in [2.75, 3.05) is 59.0 Å². The zero-order chi connectivity index (χ0) is 11.9. The van der Waals surface area contributed by atoms with Crippen molar-refractivity contribution in [2.45, 2.75) is 25.8 Å². The Labute approximate surface area is 105 Å². The lowest BCUT2D eigenvalue weighted by Gasteiger charge is -2.36. The van der Waals surface area contributed by atoms with Crippen LogP contribution in [0.2, 0.25) is 0 Å². The van der Waals surface area contributed by atoms with E-state index in [0.29, 0.717) is 0 Å². The summed E-state index contributed by atoms with van der Waals surface area (Å²) in [6.45, 7) is 12.4. The molecule has 0 radical (unpaired) electrons. The second kappa shape index (κ2) is 7.31. The average molecular weight is 241 g/mol. The van der Waals surface area contributed by atoms with Gasteiger partial charge in [-0.05, 0) is 32.5 Å². The summed E-state index contributed by atoms with van der Waals surface area (Å²) in [6, 6.07) is 0.808. The zero-order valence-corrected chi connectivity index (χ0v) is 11.2. The van der Waals surface area contributed by atoms with Crippen molar-refractivity contribution in [1.82, 2.24) is 15.1 Å². The number of hydrogen-bond acceptors (Lipinski definition) is 4. The normalized spacial score (nSPS) is 24.4. The van der Waals surface area contributed by atoms with E-state index < -0.39 is 0 Å². The van der Waals surface area contributed by atoms with Crippen LogP contribution in [-0.2, 0) is 4.74 Å². The third kappa shape index (κ3) is 4.21. The summed E-state index contributed by atoms with van der Waals surface area (Å²) in [5.41, 5.74) is 0. The van der Waals surface area contributed by atoms with Crippen LogP contribution >= 0.6 is 0 Å². The number of hydrogen-bond donors (Lipinski definition) is 1. The number of nitrogens with one attached hydrogen (secondary N) is 1. The average Bonchev–Trinajstić information content (AvgIpc) is 2.42. The molecule has 100 valence electrons. The first-order chi connectivity index (χ1) is 8.40. The highest BCUT2D eigenvalue weighted by atomic mass is 16.5. The Kier molecular flexibility index (Phi) is 5.71. The molecule has 4 heteroatoms. The molecule has 2 rings (SSSR count). The molecule has 0 aromatic heterocycles. The lowest BCUT2D eigenvalue weighted by Crippen LogP contribution is -2.47. The summed E-state index contributed by atoms with van der Waals surface area (Å²) in [5.74, 6) is 0. The lowest BCUT2D eigenvalue weighted by molar-refractivity contribution is 0.0300. The van der Waals surface area contributed by atoms with Crippen molar-refractivity contribution in [3.05, 3.63) is 0 Å². The quantitative estimate of drug-likeness (QED) is 0.754. The smallest absolute Gasteiger partial charge is 0.0594 e. The van der Waals surface area contributed by atoms with Crippen molar-refractivity contribution < 1.29 is 4.74 Å². The molecular weight excluding hydrogens is 214 g/mol. The van der Waals surface area contributed by atoms with Gasteiger partial charge in [0.15, 0.2) is 0 Å². The maximum absolute atomic E-state index is 5.39. The summed E-state index contributed by atoms with van der Waals surface area (Å²) in [6.07, 6.45) is 2.63. The van der Waals surface area contributed by atoms with Crippen LogP contribution in [0, 0.1) is 0 Å². The standard InChI is InChI=1S/C13H27N3O/c1-2-16(13-3-5-14-6-4-13)8-7-15-9-11-17-12-10-15/h13-14H,2-12H2,1H3. The van der Waals surface area contributed by atoms with Crippen LogP contribution in [0.1, 0.15) is 19.8 Å². The molecule has 0 atom stereocenters. The summed E-state index contributed by atoms with van der Waals surface area (Å²) in [4.78, 5) is 5.20. The minimum absolute atomic E-state index is 0.808. The second-order valence-electron chi connectivity index (χ2n) is 5.06. The topological polar surface area (TPSA) is 27.7 Å². The van der Waals surface area contributed by atoms with Gasteiger partial charge in [-0.15, -0.1) is 0 Å². The fraction of sp³-hybridized carbons (Fsp3) is 1.00. The van der Waals surface area contributed by atoms with E-state index >= 15 is 0 Å². The van der Waals surface area contributed by atoms with Gasteiger partial charge in [0.1, 0.15) is 0 Å². The Balaban J connectivity index is 1.70. The highest BCUT2D eigenvalue weighted by Gasteiger charge is 2.20. The van der Waals surface area contributed by atoms with E-state index in [1.807, 2.05) is 0 Å². The maximum Gasteiger partial charge on any atom is 0.0594 e. The molecule has 0 unspecified atom stereocenters. The minimum atomic E-state index is 0.808. The number of rotatable bonds is 5. The molecular formula is C13H27N3O. The first kappa shape index (κ1) is 13.3. The Morgan fingerprint density at radius 1 is 1.24 bits per heavy atom. The molecule has 0 aromatic rings. The summed E-state index contributed by atoms with van der Waals surface area (Å²) in [7, 11) is 0. The first-order valence-electron chi connectivity index (χ1n) is 7.15. The van der Waals surface area contributed by atoms with Crippen molar-refractivity contribution in [3.63, 3.8) is 0 Å². The molecule has 0 spiro atoms. The molecule has 4 nitrogen and oxygen atoms in total. The molecule has 0 amide bonds. The van der Waals surface area contributed by atoms with Gasteiger partial charge in [-0.3, -0.25) is 9.80 Å². The molecule has 2 fully saturated rings. The second-order valence-corrected chi connectivity index (χ2v) is 5.06. The molecule has 0 aromatic carbocycles. The molecule has 1 N–H and O–H groups in total. The highest BCUT2D eigenvalue weighted by molar-refractivity contribution is 4.78. The van der Waals surface area contributed by atoms with Gasteiger partial charge in [0.25, 0.3) is 0 Å². The molecule has 0 aliphatic carbocycles. The van der Waals surface area contributed by atoms with Gasteiger partial charge in [-0.1, -0.05) is 6.92 Å². The number of morpholine rings is 1. The van der Waals surface area contributed by atoms with Crippen molar-refractivity contribution >= 4 is 0 Å². The molecule has 17 heavy (non-hydrogen) atoms. The third-order valence-corrected chi connectivity index (χ3v) is 4.04. The molecule has 2 aliphatic rings. The Morgan fingerprint density at radius 3 is 2.59 bits per heavy atom. The predicted octanol–water partition coefficient (Wildman–Crippen LogP) is 0.393. The molecule has 2 saturated heterocycles. The monoisotopic (exact) mass is 241 g/mol. The van der Waals surface area contributed by atoms with Gasteiger partial charge in [-0.2, -0.15) is 0 Å². The maximum atomic E-state index is 5.39. The Morgan fingerprint density at radius 2 is 1.94 bits per heavy atom. The van der Waals surface area contributed by atoms with E-state index in [9.17, 15) is 0 Å². The van der Waals surface area contributed by atoms with Gasteiger partial charge < -0.3 is 10.1 Å². The van der Waals surface area contributed by atoms with Crippen LogP contribution in [0.4, 0.5) is 0 Å². The lowest BCUT2D eigenvalue weighted by atomic mass is 10.0. The van der Waals surface area contributed by atoms with E-state index in [-0.39, 0.29) is 0 Å².